The molecule has 17 heavy (non-hydrogen) atoms. The van der Waals surface area contributed by atoms with Crippen LogP contribution in [0.3, 0.4) is 0 Å². The van der Waals surface area contributed by atoms with Crippen LogP contribution in [0.2, 0.25) is 0 Å². The number of likely N-dealkylation sites (N-methyl/N-ethyl adjacent to an activating group) is 1. The number of unbranched alkanes of at least 4 members (excludes halogenated alkanes) is 1. The van der Waals surface area contributed by atoms with E-state index >= 15 is 0 Å². The van der Waals surface area contributed by atoms with E-state index in [4.69, 9.17) is 0 Å². The van der Waals surface area contributed by atoms with Gasteiger partial charge in [0, 0.05) is 19.6 Å². The van der Waals surface area contributed by atoms with Gasteiger partial charge in [-0.2, -0.15) is 0 Å². The van der Waals surface area contributed by atoms with Gasteiger partial charge in [0.25, 0.3) is 0 Å². The van der Waals surface area contributed by atoms with Gasteiger partial charge in [-0.05, 0) is 53.8 Å². The van der Waals surface area contributed by atoms with Crippen LogP contribution in [0.5, 0.6) is 0 Å². The fourth-order valence-corrected chi connectivity index (χ4v) is 1.38. The summed E-state index contributed by atoms with van der Waals surface area (Å²) in [4.78, 5) is 15.5. The van der Waals surface area contributed by atoms with Crippen molar-refractivity contribution >= 4 is 5.91 Å². The Morgan fingerprint density at radius 3 is 2.41 bits per heavy atom. The lowest BCUT2D eigenvalue weighted by molar-refractivity contribution is -0.128. The highest BCUT2D eigenvalue weighted by Gasteiger charge is 2.05. The van der Waals surface area contributed by atoms with Gasteiger partial charge in [0.1, 0.15) is 0 Å². The Hall–Kier alpha value is -0.610. The lowest BCUT2D eigenvalue weighted by atomic mass is 10.2. The SMILES string of the molecule is CCN(C)C(=O)CNCCCCN(C)C(C)C. The number of nitrogens with one attached hydrogen (secondary N) is 1. The van der Waals surface area contributed by atoms with Crippen LogP contribution in [0.4, 0.5) is 0 Å². The molecule has 0 aromatic heterocycles. The fourth-order valence-electron chi connectivity index (χ4n) is 1.38. The summed E-state index contributed by atoms with van der Waals surface area (Å²) in [5, 5.41) is 3.19. The summed E-state index contributed by atoms with van der Waals surface area (Å²) in [7, 11) is 3.99. The Bertz CT molecular complexity index is 207. The van der Waals surface area contributed by atoms with Crippen molar-refractivity contribution in [2.45, 2.75) is 39.7 Å². The number of amides is 1. The number of carbonyl (C=O) groups is 1. The summed E-state index contributed by atoms with van der Waals surface area (Å²) < 4.78 is 0. The van der Waals surface area contributed by atoms with Crippen LogP contribution < -0.4 is 5.32 Å². The predicted molar refractivity (Wildman–Crippen MR) is 73.2 cm³/mol. The van der Waals surface area contributed by atoms with Crippen LogP contribution in [-0.4, -0.2) is 62.0 Å². The van der Waals surface area contributed by atoms with Crippen molar-refractivity contribution in [2.24, 2.45) is 0 Å². The van der Waals surface area contributed by atoms with E-state index in [-0.39, 0.29) is 5.91 Å². The molecule has 0 aromatic rings. The van der Waals surface area contributed by atoms with Crippen LogP contribution >= 0.6 is 0 Å². The van der Waals surface area contributed by atoms with Gasteiger partial charge in [-0.3, -0.25) is 4.79 Å². The smallest absolute Gasteiger partial charge is 0.236 e. The van der Waals surface area contributed by atoms with E-state index in [0.717, 1.165) is 26.1 Å². The molecule has 0 unspecified atom stereocenters. The van der Waals surface area contributed by atoms with Crippen molar-refractivity contribution in [1.29, 1.82) is 0 Å². The van der Waals surface area contributed by atoms with Gasteiger partial charge in [0.15, 0.2) is 0 Å². The molecule has 0 spiro atoms. The second-order valence-corrected chi connectivity index (χ2v) is 4.87. The maximum Gasteiger partial charge on any atom is 0.236 e. The van der Waals surface area contributed by atoms with Crippen molar-refractivity contribution in [2.75, 3.05) is 40.3 Å². The van der Waals surface area contributed by atoms with Gasteiger partial charge < -0.3 is 15.1 Å². The van der Waals surface area contributed by atoms with Gasteiger partial charge in [-0.1, -0.05) is 0 Å². The molecule has 0 aromatic carbocycles. The summed E-state index contributed by atoms with van der Waals surface area (Å²) in [6.07, 6.45) is 2.31. The molecule has 0 atom stereocenters. The van der Waals surface area contributed by atoms with E-state index < -0.39 is 0 Å². The van der Waals surface area contributed by atoms with Crippen LogP contribution in [0, 0.1) is 0 Å². The van der Waals surface area contributed by atoms with Crippen LogP contribution in [0.1, 0.15) is 33.6 Å². The highest BCUT2D eigenvalue weighted by atomic mass is 16.2. The molecule has 0 aliphatic carbocycles. The highest BCUT2D eigenvalue weighted by molar-refractivity contribution is 5.77. The molecule has 0 fully saturated rings. The van der Waals surface area contributed by atoms with E-state index in [2.05, 4.69) is 31.1 Å². The van der Waals surface area contributed by atoms with Crippen molar-refractivity contribution in [3.05, 3.63) is 0 Å². The minimum absolute atomic E-state index is 0.173. The molecule has 1 N–H and O–H groups in total. The molecule has 102 valence electrons. The zero-order chi connectivity index (χ0) is 13.3. The standard InChI is InChI=1S/C13H29N3O/c1-6-15(4)13(17)11-14-9-7-8-10-16(5)12(2)3/h12,14H,6-11H2,1-5H3. The van der Waals surface area contributed by atoms with Crippen molar-refractivity contribution in [3.8, 4) is 0 Å². The molecule has 0 bridgehead atoms. The van der Waals surface area contributed by atoms with E-state index in [1.165, 1.54) is 6.42 Å². The van der Waals surface area contributed by atoms with Gasteiger partial charge in [0.05, 0.1) is 6.54 Å². The second kappa shape index (κ2) is 9.42. The maximum atomic E-state index is 11.5. The molecular weight excluding hydrogens is 214 g/mol. The lowest BCUT2D eigenvalue weighted by Crippen LogP contribution is -2.35. The van der Waals surface area contributed by atoms with Gasteiger partial charge in [-0.15, -0.1) is 0 Å². The van der Waals surface area contributed by atoms with E-state index in [9.17, 15) is 4.79 Å². The Morgan fingerprint density at radius 1 is 1.24 bits per heavy atom. The molecule has 4 nitrogen and oxygen atoms in total. The Labute approximate surface area is 106 Å². The summed E-state index contributed by atoms with van der Waals surface area (Å²) in [5.74, 6) is 0.173. The molecule has 0 aliphatic rings. The molecular formula is C13H29N3O. The van der Waals surface area contributed by atoms with Crippen LogP contribution in [0.25, 0.3) is 0 Å². The third kappa shape index (κ3) is 8.16. The monoisotopic (exact) mass is 243 g/mol. The largest absolute Gasteiger partial charge is 0.345 e. The maximum absolute atomic E-state index is 11.5. The van der Waals surface area contributed by atoms with E-state index in [0.29, 0.717) is 12.6 Å². The summed E-state index contributed by atoms with van der Waals surface area (Å²) >= 11 is 0. The molecule has 0 aliphatic heterocycles. The molecule has 0 radical (unpaired) electrons. The highest BCUT2D eigenvalue weighted by Crippen LogP contribution is 1.97. The normalized spacial score (nSPS) is 11.2. The van der Waals surface area contributed by atoms with Crippen molar-refractivity contribution < 1.29 is 4.79 Å². The first kappa shape index (κ1) is 16.4. The van der Waals surface area contributed by atoms with E-state index in [1.807, 2.05) is 14.0 Å². The first-order chi connectivity index (χ1) is 7.99. The Balaban J connectivity index is 3.38. The third-order valence-corrected chi connectivity index (χ3v) is 3.17. The first-order valence-electron chi connectivity index (χ1n) is 6.64. The third-order valence-electron chi connectivity index (χ3n) is 3.17. The zero-order valence-electron chi connectivity index (χ0n) is 12.1. The lowest BCUT2D eigenvalue weighted by Gasteiger charge is -2.20. The summed E-state index contributed by atoms with van der Waals surface area (Å²) in [6, 6.07) is 0.614. The first-order valence-corrected chi connectivity index (χ1v) is 6.64. The molecule has 0 saturated carbocycles. The minimum atomic E-state index is 0.173. The number of hydrogen-bond acceptors (Lipinski definition) is 3. The zero-order valence-corrected chi connectivity index (χ0v) is 12.1. The topological polar surface area (TPSA) is 35.6 Å². The molecule has 0 heterocycles. The van der Waals surface area contributed by atoms with Crippen molar-refractivity contribution in [3.63, 3.8) is 0 Å². The quantitative estimate of drug-likeness (QED) is 0.618. The second-order valence-electron chi connectivity index (χ2n) is 4.87. The minimum Gasteiger partial charge on any atom is -0.345 e. The predicted octanol–water partition coefficient (Wildman–Crippen LogP) is 1.17. The molecule has 4 heteroatoms. The fraction of sp³-hybridized carbons (Fsp3) is 0.923. The number of carbonyl (C=O) groups excluding carboxylic acids is 1. The molecule has 0 rings (SSSR count). The summed E-state index contributed by atoms with van der Waals surface area (Å²) in [6.45, 7) is 9.69. The van der Waals surface area contributed by atoms with Gasteiger partial charge in [0.2, 0.25) is 5.91 Å². The van der Waals surface area contributed by atoms with Crippen LogP contribution in [0.15, 0.2) is 0 Å². The van der Waals surface area contributed by atoms with Crippen LogP contribution in [-0.2, 0) is 4.79 Å². The molecule has 1 amide bonds. The number of nitrogens with zero attached hydrogens (tertiary/aromatic N) is 2. The van der Waals surface area contributed by atoms with Gasteiger partial charge >= 0.3 is 0 Å². The Kier molecular flexibility index (Phi) is 9.09. The Morgan fingerprint density at radius 2 is 1.88 bits per heavy atom. The molecule has 0 saturated heterocycles. The average Bonchev–Trinajstić information content (AvgIpc) is 2.31. The average molecular weight is 243 g/mol. The van der Waals surface area contributed by atoms with Gasteiger partial charge in [-0.25, -0.2) is 0 Å². The van der Waals surface area contributed by atoms with Crippen molar-refractivity contribution in [1.82, 2.24) is 15.1 Å². The number of rotatable bonds is 9. The van der Waals surface area contributed by atoms with E-state index in [1.54, 1.807) is 4.90 Å². The summed E-state index contributed by atoms with van der Waals surface area (Å²) in [5.41, 5.74) is 0. The number of hydrogen-bond donors (Lipinski definition) is 1.